The van der Waals surface area contributed by atoms with E-state index in [1.54, 1.807) is 29.2 Å². The number of Topliss-reactive ketones (excluding diaryl/α,β-unsaturated/α-hetero) is 1. The van der Waals surface area contributed by atoms with Gasteiger partial charge in [-0.2, -0.15) is 0 Å². The normalized spacial score (nSPS) is 15.1. The summed E-state index contributed by atoms with van der Waals surface area (Å²) in [7, 11) is 0. The molecule has 0 bridgehead atoms. The van der Waals surface area contributed by atoms with Gasteiger partial charge >= 0.3 is 0 Å². The van der Waals surface area contributed by atoms with Gasteiger partial charge in [0.05, 0.1) is 11.7 Å². The van der Waals surface area contributed by atoms with Gasteiger partial charge in [-0.3, -0.25) is 14.5 Å². The summed E-state index contributed by atoms with van der Waals surface area (Å²) in [5.41, 5.74) is 2.38. The Balaban J connectivity index is 1.54. The van der Waals surface area contributed by atoms with Crippen LogP contribution in [0.3, 0.4) is 0 Å². The van der Waals surface area contributed by atoms with Gasteiger partial charge < -0.3 is 9.47 Å². The number of ether oxygens (including phenoxy) is 2. The maximum absolute atomic E-state index is 13.2. The second kappa shape index (κ2) is 8.82. The average molecular weight is 401 g/mol. The Morgan fingerprint density at radius 1 is 0.967 bits per heavy atom. The fourth-order valence-corrected chi connectivity index (χ4v) is 3.57. The van der Waals surface area contributed by atoms with E-state index in [0.29, 0.717) is 30.1 Å². The lowest BCUT2D eigenvalue weighted by atomic mass is 10.0. The van der Waals surface area contributed by atoms with Gasteiger partial charge in [-0.25, -0.2) is 0 Å². The Labute approximate surface area is 175 Å². The predicted molar refractivity (Wildman–Crippen MR) is 115 cm³/mol. The summed E-state index contributed by atoms with van der Waals surface area (Å²) in [6, 6.07) is 24.0. The monoisotopic (exact) mass is 401 g/mol. The van der Waals surface area contributed by atoms with Crippen LogP contribution in [0.15, 0.2) is 78.9 Å². The van der Waals surface area contributed by atoms with E-state index in [1.807, 2.05) is 61.5 Å². The summed E-state index contributed by atoms with van der Waals surface area (Å²) in [4.78, 5) is 26.8. The highest BCUT2D eigenvalue weighted by Gasteiger charge is 2.33. The zero-order valence-corrected chi connectivity index (χ0v) is 16.8. The van der Waals surface area contributed by atoms with Gasteiger partial charge in [0.25, 0.3) is 5.91 Å². The largest absolute Gasteiger partial charge is 0.489 e. The number of carbonyl (C=O) groups excluding carboxylic acids is 2. The van der Waals surface area contributed by atoms with Crippen LogP contribution in [-0.4, -0.2) is 24.9 Å². The highest BCUT2D eigenvalue weighted by molar-refractivity contribution is 5.97. The van der Waals surface area contributed by atoms with E-state index in [9.17, 15) is 9.59 Å². The average Bonchev–Trinajstić information content (AvgIpc) is 2.82. The van der Waals surface area contributed by atoms with Crippen molar-refractivity contribution in [1.29, 1.82) is 0 Å². The molecule has 1 amide bonds. The number of benzene rings is 3. The minimum absolute atomic E-state index is 0.0771. The molecule has 0 aromatic heterocycles. The van der Waals surface area contributed by atoms with E-state index in [2.05, 4.69) is 0 Å². The fourth-order valence-electron chi connectivity index (χ4n) is 3.57. The van der Waals surface area contributed by atoms with Gasteiger partial charge in [-0.15, -0.1) is 0 Å². The molecule has 3 aromatic carbocycles. The minimum Gasteiger partial charge on any atom is -0.489 e. The van der Waals surface area contributed by atoms with Crippen LogP contribution in [0.2, 0.25) is 0 Å². The fraction of sp³-hybridized carbons (Fsp3) is 0.200. The molecule has 0 saturated carbocycles. The number of para-hydroxylation sites is 2. The topological polar surface area (TPSA) is 55.8 Å². The Kier molecular flexibility index (Phi) is 5.80. The number of nitrogens with zero attached hydrogens (tertiary/aromatic N) is 1. The molecule has 5 nitrogen and oxygen atoms in total. The SMILES string of the molecule is CCC(=O)c1ccc(OCC(=O)N2c3ccccc3OC[C@@H]2c2ccccc2)cc1. The number of anilines is 1. The Hall–Kier alpha value is -3.60. The third-order valence-electron chi connectivity index (χ3n) is 5.15. The lowest BCUT2D eigenvalue weighted by Crippen LogP contribution is -2.43. The van der Waals surface area contributed by atoms with Gasteiger partial charge in [-0.1, -0.05) is 49.4 Å². The summed E-state index contributed by atoms with van der Waals surface area (Å²) in [6.07, 6.45) is 0.454. The van der Waals surface area contributed by atoms with Crippen molar-refractivity contribution in [1.82, 2.24) is 0 Å². The third kappa shape index (κ3) is 4.06. The smallest absolute Gasteiger partial charge is 0.265 e. The first-order chi connectivity index (χ1) is 14.7. The zero-order valence-electron chi connectivity index (χ0n) is 16.8. The Morgan fingerprint density at radius 3 is 2.40 bits per heavy atom. The van der Waals surface area contributed by atoms with Crippen LogP contribution in [0, 0.1) is 0 Å². The number of hydrogen-bond donors (Lipinski definition) is 0. The highest BCUT2D eigenvalue weighted by Crippen LogP contribution is 2.39. The number of carbonyl (C=O) groups is 2. The van der Waals surface area contributed by atoms with E-state index >= 15 is 0 Å². The Morgan fingerprint density at radius 2 is 1.67 bits per heavy atom. The standard InChI is InChI=1S/C25H23NO4/c1-2-23(27)19-12-14-20(15-13-19)29-17-25(28)26-21-10-6-7-11-24(21)30-16-22(26)18-8-4-3-5-9-18/h3-15,22H,2,16-17H2,1H3/t22-/m1/s1. The lowest BCUT2D eigenvalue weighted by Gasteiger charge is -2.37. The number of hydrogen-bond acceptors (Lipinski definition) is 4. The first-order valence-corrected chi connectivity index (χ1v) is 10.0. The molecular formula is C25H23NO4. The molecule has 0 radical (unpaired) electrons. The van der Waals surface area contributed by atoms with E-state index < -0.39 is 0 Å². The molecule has 30 heavy (non-hydrogen) atoms. The van der Waals surface area contributed by atoms with E-state index in [4.69, 9.17) is 9.47 Å². The molecule has 0 fully saturated rings. The minimum atomic E-state index is -0.234. The van der Waals surface area contributed by atoms with Crippen molar-refractivity contribution in [2.45, 2.75) is 19.4 Å². The van der Waals surface area contributed by atoms with Gasteiger partial charge in [0.2, 0.25) is 0 Å². The lowest BCUT2D eigenvalue weighted by molar-refractivity contribution is -0.121. The first-order valence-electron chi connectivity index (χ1n) is 10.0. The Bertz CT molecular complexity index is 1030. The first kappa shape index (κ1) is 19.7. The van der Waals surface area contributed by atoms with Gasteiger partial charge in [-0.05, 0) is 42.0 Å². The van der Waals surface area contributed by atoms with Crippen molar-refractivity contribution in [3.8, 4) is 11.5 Å². The quantitative estimate of drug-likeness (QED) is 0.556. The van der Waals surface area contributed by atoms with E-state index in [-0.39, 0.29) is 24.3 Å². The van der Waals surface area contributed by atoms with Crippen molar-refractivity contribution < 1.29 is 19.1 Å². The highest BCUT2D eigenvalue weighted by atomic mass is 16.5. The summed E-state index contributed by atoms with van der Waals surface area (Å²) in [5, 5.41) is 0. The molecule has 1 aliphatic rings. The summed E-state index contributed by atoms with van der Waals surface area (Å²) >= 11 is 0. The van der Waals surface area contributed by atoms with Crippen LogP contribution in [0.25, 0.3) is 0 Å². The van der Waals surface area contributed by atoms with Crippen LogP contribution in [-0.2, 0) is 4.79 Å². The molecule has 0 aliphatic carbocycles. The molecule has 1 heterocycles. The molecule has 4 rings (SSSR count). The third-order valence-corrected chi connectivity index (χ3v) is 5.15. The predicted octanol–water partition coefficient (Wildman–Crippen LogP) is 4.83. The van der Waals surface area contributed by atoms with Crippen molar-refractivity contribution in [2.24, 2.45) is 0 Å². The summed E-state index contributed by atoms with van der Waals surface area (Å²) < 4.78 is 11.7. The zero-order chi connectivity index (χ0) is 20.9. The van der Waals surface area contributed by atoms with Crippen LogP contribution < -0.4 is 14.4 Å². The van der Waals surface area contributed by atoms with Gasteiger partial charge in [0, 0.05) is 12.0 Å². The van der Waals surface area contributed by atoms with Gasteiger partial charge in [0.15, 0.2) is 12.4 Å². The van der Waals surface area contributed by atoms with Crippen molar-refractivity contribution in [2.75, 3.05) is 18.1 Å². The van der Waals surface area contributed by atoms with E-state index in [1.165, 1.54) is 0 Å². The molecule has 0 spiro atoms. The van der Waals surface area contributed by atoms with Crippen LogP contribution in [0.5, 0.6) is 11.5 Å². The molecule has 5 heteroatoms. The number of rotatable bonds is 6. The summed E-state index contributed by atoms with van der Waals surface area (Å²) in [5.74, 6) is 1.15. The van der Waals surface area contributed by atoms with E-state index in [0.717, 1.165) is 11.3 Å². The molecule has 1 aliphatic heterocycles. The van der Waals surface area contributed by atoms with Gasteiger partial charge in [0.1, 0.15) is 18.1 Å². The van der Waals surface area contributed by atoms with Crippen molar-refractivity contribution in [3.63, 3.8) is 0 Å². The van der Waals surface area contributed by atoms with Crippen molar-refractivity contribution >= 4 is 17.4 Å². The van der Waals surface area contributed by atoms with Crippen LogP contribution in [0.1, 0.15) is 35.3 Å². The van der Waals surface area contributed by atoms with Crippen molar-refractivity contribution in [3.05, 3.63) is 90.0 Å². The maximum atomic E-state index is 13.2. The molecule has 0 unspecified atom stereocenters. The summed E-state index contributed by atoms with van der Waals surface area (Å²) in [6.45, 7) is 2.09. The molecular weight excluding hydrogens is 378 g/mol. The number of fused-ring (bicyclic) bond motifs is 1. The molecule has 1 atom stereocenters. The van der Waals surface area contributed by atoms with Crippen LogP contribution in [0.4, 0.5) is 5.69 Å². The second-order valence-corrected chi connectivity index (χ2v) is 7.06. The maximum Gasteiger partial charge on any atom is 0.265 e. The number of amides is 1. The number of ketones is 1. The molecule has 152 valence electrons. The molecule has 0 saturated heterocycles. The van der Waals surface area contributed by atoms with Crippen LogP contribution >= 0.6 is 0 Å². The molecule has 3 aromatic rings. The molecule has 0 N–H and O–H groups in total. The second-order valence-electron chi connectivity index (χ2n) is 7.06.